The van der Waals surface area contributed by atoms with E-state index in [-0.39, 0.29) is 46.6 Å². The van der Waals surface area contributed by atoms with Crippen LogP contribution in [0, 0.1) is 29.0 Å². The maximum atomic E-state index is 13.3. The fraction of sp³-hybridized carbons (Fsp3) is 0.680. The number of benzene rings is 1. The van der Waals surface area contributed by atoms with Crippen LogP contribution in [0.15, 0.2) is 29.2 Å². The minimum atomic E-state index is -3.76. The van der Waals surface area contributed by atoms with Gasteiger partial charge in [0.2, 0.25) is 15.9 Å². The number of carboxylic acid groups (broad SMARTS) is 1. The summed E-state index contributed by atoms with van der Waals surface area (Å²) in [5, 5.41) is 12.6. The number of likely N-dealkylation sites (N-methyl/N-ethyl adjacent to an activating group) is 1. The van der Waals surface area contributed by atoms with Gasteiger partial charge in [-0.3, -0.25) is 9.69 Å². The molecule has 1 aromatic rings. The number of fused-ring (bicyclic) bond motifs is 1. The van der Waals surface area contributed by atoms with E-state index in [2.05, 4.69) is 26.1 Å². The summed E-state index contributed by atoms with van der Waals surface area (Å²) in [5.41, 5.74) is 0.0598. The number of rotatable bonds is 8. The molecule has 8 nitrogen and oxygen atoms in total. The van der Waals surface area contributed by atoms with E-state index < -0.39 is 28.0 Å². The fourth-order valence-corrected chi connectivity index (χ4v) is 7.25. The molecular weight excluding hydrogens is 473 g/mol. The van der Waals surface area contributed by atoms with E-state index >= 15 is 0 Å². The second-order valence-electron chi connectivity index (χ2n) is 11.4. The Kier molecular flexibility index (Phi) is 8.16. The van der Waals surface area contributed by atoms with Crippen molar-refractivity contribution in [2.24, 2.45) is 23.2 Å². The molecule has 2 fully saturated rings. The summed E-state index contributed by atoms with van der Waals surface area (Å²) in [6, 6.07) is 3.76. The zero-order chi connectivity index (χ0) is 26.1. The highest BCUT2D eigenvalue weighted by molar-refractivity contribution is 7.89. The maximum Gasteiger partial charge on any atom is 0.407 e. The Balaban J connectivity index is 1.69. The Morgan fingerprint density at radius 2 is 1.83 bits per heavy atom. The average Bonchev–Trinajstić information content (AvgIpc) is 3.33. The highest BCUT2D eigenvalue weighted by Crippen LogP contribution is 2.40. The second kappa shape index (κ2) is 10.4. The molecule has 0 aromatic heterocycles. The maximum absolute atomic E-state index is 13.3. The second-order valence-corrected chi connectivity index (χ2v) is 13.3. The lowest BCUT2D eigenvalue weighted by molar-refractivity contribution is -0.127. The SMILES string of the molecule is C[C@@H](CC(C(=O)N[C@H]1CC[C@@H]2CN(S(=O)(=O)c3ccc(F)cc3)C[C@@H]21)N(C)C(=O)O)CC(C)(C)C. The molecule has 2 N–H and O–H groups in total. The summed E-state index contributed by atoms with van der Waals surface area (Å²) in [6.07, 6.45) is 1.62. The van der Waals surface area contributed by atoms with Crippen molar-refractivity contribution in [1.82, 2.24) is 14.5 Å². The van der Waals surface area contributed by atoms with Gasteiger partial charge in [-0.25, -0.2) is 17.6 Å². The van der Waals surface area contributed by atoms with E-state index in [0.29, 0.717) is 13.0 Å². The van der Waals surface area contributed by atoms with Crippen LogP contribution in [0.4, 0.5) is 9.18 Å². The van der Waals surface area contributed by atoms with Crippen molar-refractivity contribution in [3.8, 4) is 0 Å². The van der Waals surface area contributed by atoms with Gasteiger partial charge in [0.25, 0.3) is 0 Å². The topological polar surface area (TPSA) is 107 Å². The number of carbonyl (C=O) groups is 2. The van der Waals surface area contributed by atoms with Gasteiger partial charge < -0.3 is 10.4 Å². The van der Waals surface area contributed by atoms with Crippen LogP contribution in [0.3, 0.4) is 0 Å². The molecule has 2 amide bonds. The number of nitrogens with zero attached hydrogens (tertiary/aromatic N) is 2. The van der Waals surface area contributed by atoms with Gasteiger partial charge in [-0.2, -0.15) is 4.31 Å². The Hall–Kier alpha value is -2.20. The summed E-state index contributed by atoms with van der Waals surface area (Å²) < 4.78 is 40.8. The molecule has 0 bridgehead atoms. The van der Waals surface area contributed by atoms with Crippen LogP contribution < -0.4 is 5.32 Å². The molecular formula is C25H38FN3O5S. The Morgan fingerprint density at radius 3 is 2.40 bits per heavy atom. The van der Waals surface area contributed by atoms with Crippen molar-refractivity contribution < 1.29 is 27.5 Å². The number of sulfonamides is 1. The van der Waals surface area contributed by atoms with Crippen LogP contribution in [0.5, 0.6) is 0 Å². The van der Waals surface area contributed by atoms with Crippen molar-refractivity contribution in [1.29, 1.82) is 0 Å². The molecule has 196 valence electrons. The summed E-state index contributed by atoms with van der Waals surface area (Å²) in [6.45, 7) is 9.01. The van der Waals surface area contributed by atoms with Crippen molar-refractivity contribution in [3.05, 3.63) is 30.1 Å². The normalized spacial score (nSPS) is 24.6. The van der Waals surface area contributed by atoms with Gasteiger partial charge in [-0.05, 0) is 73.1 Å². The third kappa shape index (κ3) is 6.52. The predicted molar refractivity (Wildman–Crippen MR) is 131 cm³/mol. The van der Waals surface area contributed by atoms with Gasteiger partial charge in [-0.15, -0.1) is 0 Å². The largest absolute Gasteiger partial charge is 0.465 e. The van der Waals surface area contributed by atoms with Gasteiger partial charge in [-0.1, -0.05) is 27.7 Å². The lowest BCUT2D eigenvalue weighted by Gasteiger charge is -2.31. The quantitative estimate of drug-likeness (QED) is 0.552. The van der Waals surface area contributed by atoms with Crippen LogP contribution in [0.1, 0.15) is 53.4 Å². The van der Waals surface area contributed by atoms with Crippen molar-refractivity contribution >= 4 is 22.0 Å². The highest BCUT2D eigenvalue weighted by Gasteiger charge is 2.47. The van der Waals surface area contributed by atoms with Crippen LogP contribution in [-0.2, 0) is 14.8 Å². The monoisotopic (exact) mass is 511 g/mol. The minimum absolute atomic E-state index is 0.0445. The molecule has 0 radical (unpaired) electrons. The summed E-state index contributed by atoms with van der Waals surface area (Å²) >= 11 is 0. The van der Waals surface area contributed by atoms with E-state index in [9.17, 15) is 27.5 Å². The van der Waals surface area contributed by atoms with Crippen molar-refractivity contribution in [2.75, 3.05) is 20.1 Å². The number of hydrogen-bond donors (Lipinski definition) is 2. The number of carbonyl (C=O) groups excluding carboxylic acids is 1. The third-order valence-corrected chi connectivity index (χ3v) is 9.11. The van der Waals surface area contributed by atoms with Gasteiger partial charge in [0.05, 0.1) is 4.90 Å². The number of amides is 2. The Labute approximate surface area is 207 Å². The Morgan fingerprint density at radius 1 is 1.20 bits per heavy atom. The molecule has 1 saturated carbocycles. The predicted octanol–water partition coefficient (Wildman–Crippen LogP) is 3.78. The van der Waals surface area contributed by atoms with Crippen LogP contribution >= 0.6 is 0 Å². The van der Waals surface area contributed by atoms with Gasteiger partial charge in [0, 0.05) is 26.2 Å². The number of halogens is 1. The molecule has 10 heteroatoms. The molecule has 3 rings (SSSR count). The molecule has 2 aliphatic rings. The molecule has 5 atom stereocenters. The third-order valence-electron chi connectivity index (χ3n) is 7.26. The summed E-state index contributed by atoms with van der Waals surface area (Å²) in [4.78, 5) is 26.1. The highest BCUT2D eigenvalue weighted by atomic mass is 32.2. The fourth-order valence-electron chi connectivity index (χ4n) is 5.72. The molecule has 1 heterocycles. The Bertz CT molecular complexity index is 1020. The number of nitrogens with one attached hydrogen (secondary N) is 1. The first-order chi connectivity index (χ1) is 16.2. The number of hydrogen-bond acceptors (Lipinski definition) is 4. The van der Waals surface area contributed by atoms with E-state index in [1.165, 1.54) is 23.5 Å². The van der Waals surface area contributed by atoms with Gasteiger partial charge in [0.15, 0.2) is 0 Å². The van der Waals surface area contributed by atoms with E-state index in [1.54, 1.807) is 0 Å². The smallest absolute Gasteiger partial charge is 0.407 e. The van der Waals surface area contributed by atoms with Crippen LogP contribution in [-0.4, -0.2) is 67.0 Å². The van der Waals surface area contributed by atoms with E-state index in [0.717, 1.165) is 36.3 Å². The van der Waals surface area contributed by atoms with Crippen molar-refractivity contribution in [3.63, 3.8) is 0 Å². The molecule has 1 unspecified atom stereocenters. The molecule has 1 aliphatic carbocycles. The minimum Gasteiger partial charge on any atom is -0.465 e. The molecule has 0 spiro atoms. The van der Waals surface area contributed by atoms with Crippen LogP contribution in [0.25, 0.3) is 0 Å². The first-order valence-electron chi connectivity index (χ1n) is 12.2. The molecule has 35 heavy (non-hydrogen) atoms. The molecule has 1 aliphatic heterocycles. The average molecular weight is 512 g/mol. The first-order valence-corrected chi connectivity index (χ1v) is 13.6. The van der Waals surface area contributed by atoms with Gasteiger partial charge in [0.1, 0.15) is 11.9 Å². The molecule has 1 aromatic carbocycles. The lowest BCUT2D eigenvalue weighted by atomic mass is 9.82. The van der Waals surface area contributed by atoms with E-state index in [4.69, 9.17) is 0 Å². The standard InChI is InChI=1S/C25H38FN3O5S/c1-16(13-25(2,3)4)12-22(28(5)24(31)32)23(30)27-21-11-6-17-14-29(15-20(17)21)35(33,34)19-9-7-18(26)8-10-19/h7-10,16-17,20-22H,6,11-15H2,1-5H3,(H,27,30)(H,31,32)/t16-,17+,20-,21-,22?/m0/s1. The molecule has 1 saturated heterocycles. The summed E-state index contributed by atoms with van der Waals surface area (Å²) in [7, 11) is -2.34. The zero-order valence-corrected chi connectivity index (χ0v) is 22.0. The van der Waals surface area contributed by atoms with Gasteiger partial charge >= 0.3 is 6.09 Å². The van der Waals surface area contributed by atoms with Crippen molar-refractivity contribution in [2.45, 2.75) is 70.4 Å². The first kappa shape index (κ1) is 27.4. The van der Waals surface area contributed by atoms with E-state index in [1.807, 2.05) is 6.92 Å². The summed E-state index contributed by atoms with van der Waals surface area (Å²) in [5.74, 6) is -0.612. The van der Waals surface area contributed by atoms with Crippen LogP contribution in [0.2, 0.25) is 0 Å². The zero-order valence-electron chi connectivity index (χ0n) is 21.2. The lowest BCUT2D eigenvalue weighted by Crippen LogP contribution is -2.52.